The van der Waals surface area contributed by atoms with Crippen molar-refractivity contribution >= 4 is 16.1 Å². The van der Waals surface area contributed by atoms with E-state index in [1.54, 1.807) is 0 Å². The molecule has 0 saturated heterocycles. The first-order chi connectivity index (χ1) is 6.38. The zero-order valence-electron chi connectivity index (χ0n) is 7.87. The second kappa shape index (κ2) is 5.75. The molecule has 0 fully saturated rings. The third-order valence-corrected chi connectivity index (χ3v) is 1.31. The lowest BCUT2D eigenvalue weighted by Crippen LogP contribution is -2.34. The third kappa shape index (κ3) is 10.9. The molecule has 0 radical (unpaired) electrons. The van der Waals surface area contributed by atoms with Crippen LogP contribution in [0, 0.1) is 0 Å². The van der Waals surface area contributed by atoms with Crippen LogP contribution in [0.5, 0.6) is 0 Å². The van der Waals surface area contributed by atoms with Crippen LogP contribution in [0.15, 0.2) is 0 Å². The second-order valence-electron chi connectivity index (χ2n) is 2.58. The van der Waals surface area contributed by atoms with Crippen LogP contribution in [0.4, 0.5) is 18.0 Å². The molecule has 0 aromatic heterocycles. The van der Waals surface area contributed by atoms with Crippen molar-refractivity contribution in [1.82, 2.24) is 5.32 Å². The Hall–Kier alpha value is -1.03. The number of primary amides is 1. The van der Waals surface area contributed by atoms with E-state index in [-0.39, 0.29) is 6.04 Å². The van der Waals surface area contributed by atoms with E-state index in [0.29, 0.717) is 0 Å². The minimum absolute atomic E-state index is 0.150. The maximum atomic E-state index is 10.7. The summed E-state index contributed by atoms with van der Waals surface area (Å²) < 4.78 is 57.5. The van der Waals surface area contributed by atoms with Gasteiger partial charge in [0, 0.05) is 6.04 Å². The summed E-state index contributed by atoms with van der Waals surface area (Å²) >= 11 is 0. The number of hydrogen-bond donors (Lipinski definition) is 3. The van der Waals surface area contributed by atoms with Crippen molar-refractivity contribution in [2.24, 2.45) is 5.73 Å². The summed E-state index contributed by atoms with van der Waals surface area (Å²) in [6, 6.07) is -0.312. The molecular weight excluding hydrogens is 241 g/mol. The minimum Gasteiger partial charge on any atom is -0.352 e. The largest absolute Gasteiger partial charge is 0.522 e. The molecule has 0 spiro atoms. The molecule has 0 aliphatic rings. The van der Waals surface area contributed by atoms with Gasteiger partial charge in [-0.2, -0.15) is 21.6 Å². The van der Waals surface area contributed by atoms with Crippen LogP contribution in [-0.4, -0.2) is 30.6 Å². The highest BCUT2D eigenvalue weighted by molar-refractivity contribution is 7.86. The Kier molecular flexibility index (Phi) is 6.29. The van der Waals surface area contributed by atoms with Gasteiger partial charge in [0.2, 0.25) is 0 Å². The van der Waals surface area contributed by atoms with Crippen LogP contribution in [-0.2, 0) is 10.1 Å². The lowest BCUT2D eigenvalue weighted by molar-refractivity contribution is -0.0510. The van der Waals surface area contributed by atoms with E-state index in [1.165, 1.54) is 0 Å². The van der Waals surface area contributed by atoms with Gasteiger partial charge < -0.3 is 11.1 Å². The fourth-order valence-corrected chi connectivity index (χ4v) is 0.285. The van der Waals surface area contributed by atoms with Gasteiger partial charge in [0.25, 0.3) is 0 Å². The van der Waals surface area contributed by atoms with E-state index in [1.807, 2.05) is 13.8 Å². The molecule has 15 heavy (non-hydrogen) atoms. The molecule has 0 rings (SSSR count). The Balaban J connectivity index is 0. The molecule has 0 aromatic carbocycles. The molecule has 0 aromatic rings. The highest BCUT2D eigenvalue weighted by Gasteiger charge is 2.44. The number of rotatable bonds is 1. The average Bonchev–Trinajstić information content (AvgIpc) is 1.78. The summed E-state index contributed by atoms with van der Waals surface area (Å²) in [5.41, 5.74) is -0.791. The first kappa shape index (κ1) is 16.4. The number of amides is 2. The standard InChI is InChI=1S/C4H10N2O.CHF3O3S/c1-3(2)6-4(5)7;2-1(3,4)8(5,6)7/h3H,1-2H3,(H3,5,6,7);(H,5,6,7). The van der Waals surface area contributed by atoms with E-state index in [4.69, 9.17) is 18.7 Å². The van der Waals surface area contributed by atoms with E-state index in [2.05, 4.69) is 5.32 Å². The average molecular weight is 252 g/mol. The summed E-state index contributed by atoms with van der Waals surface area (Å²) in [6.45, 7) is 3.70. The van der Waals surface area contributed by atoms with E-state index in [0.717, 1.165) is 0 Å². The maximum Gasteiger partial charge on any atom is 0.522 e. The molecule has 4 N–H and O–H groups in total. The maximum absolute atomic E-state index is 10.7. The Labute approximate surface area is 84.4 Å². The first-order valence-electron chi connectivity index (χ1n) is 3.47. The summed E-state index contributed by atoms with van der Waals surface area (Å²) in [5, 5.41) is 2.44. The van der Waals surface area contributed by atoms with Crippen molar-refractivity contribution in [2.75, 3.05) is 0 Å². The minimum atomic E-state index is -5.84. The van der Waals surface area contributed by atoms with Crippen LogP contribution in [0.3, 0.4) is 0 Å². The predicted molar refractivity (Wildman–Crippen MR) is 45.5 cm³/mol. The van der Waals surface area contributed by atoms with Crippen molar-refractivity contribution in [3.05, 3.63) is 0 Å². The first-order valence-corrected chi connectivity index (χ1v) is 4.91. The SMILES string of the molecule is CC(C)NC(N)=O.O=S(=O)(O)C(F)(F)F. The Bertz CT molecular complexity index is 298. The van der Waals surface area contributed by atoms with Gasteiger partial charge in [-0.3, -0.25) is 4.55 Å². The van der Waals surface area contributed by atoms with Crippen molar-refractivity contribution < 1.29 is 30.9 Å². The molecule has 0 heterocycles. The molecule has 0 saturated carbocycles. The van der Waals surface area contributed by atoms with Gasteiger partial charge in [-0.25, -0.2) is 4.79 Å². The van der Waals surface area contributed by atoms with E-state index >= 15 is 0 Å². The van der Waals surface area contributed by atoms with E-state index in [9.17, 15) is 18.0 Å². The van der Waals surface area contributed by atoms with Crippen LogP contribution in [0.25, 0.3) is 0 Å². The van der Waals surface area contributed by atoms with E-state index < -0.39 is 21.7 Å². The number of hydrogen-bond acceptors (Lipinski definition) is 3. The summed E-state index contributed by atoms with van der Waals surface area (Å²) in [7, 11) is -5.84. The van der Waals surface area contributed by atoms with Gasteiger partial charge in [-0.1, -0.05) is 0 Å². The number of nitrogens with one attached hydrogen (secondary N) is 1. The number of urea groups is 1. The molecule has 10 heteroatoms. The topological polar surface area (TPSA) is 109 Å². The summed E-state index contributed by atoms with van der Waals surface area (Å²) in [6.07, 6.45) is 0. The molecular formula is C5H11F3N2O4S. The molecule has 0 aliphatic carbocycles. The third-order valence-electron chi connectivity index (χ3n) is 0.723. The number of carbonyl (C=O) groups is 1. The monoisotopic (exact) mass is 252 g/mol. The van der Waals surface area contributed by atoms with Gasteiger partial charge in [-0.05, 0) is 13.8 Å². The zero-order valence-corrected chi connectivity index (χ0v) is 8.69. The van der Waals surface area contributed by atoms with Crippen molar-refractivity contribution in [3.63, 3.8) is 0 Å². The lowest BCUT2D eigenvalue weighted by Gasteiger charge is -2.01. The lowest BCUT2D eigenvalue weighted by atomic mass is 10.4. The summed E-state index contributed by atoms with van der Waals surface area (Å²) in [4.78, 5) is 9.92. The highest BCUT2D eigenvalue weighted by atomic mass is 32.2. The van der Waals surface area contributed by atoms with Crippen LogP contribution in [0.2, 0.25) is 0 Å². The Morgan fingerprint density at radius 2 is 1.67 bits per heavy atom. The van der Waals surface area contributed by atoms with Gasteiger partial charge in [0.1, 0.15) is 0 Å². The summed E-state index contributed by atoms with van der Waals surface area (Å²) in [5.74, 6) is 0. The molecule has 2 amide bonds. The van der Waals surface area contributed by atoms with Crippen LogP contribution < -0.4 is 11.1 Å². The van der Waals surface area contributed by atoms with Crippen molar-refractivity contribution in [1.29, 1.82) is 0 Å². The van der Waals surface area contributed by atoms with Crippen molar-refractivity contribution in [3.8, 4) is 0 Å². The molecule has 92 valence electrons. The number of carbonyl (C=O) groups excluding carboxylic acids is 1. The molecule has 0 atom stereocenters. The Morgan fingerprint density at radius 1 is 1.40 bits per heavy atom. The quantitative estimate of drug-likeness (QED) is 0.465. The molecule has 0 aliphatic heterocycles. The van der Waals surface area contributed by atoms with Gasteiger partial charge in [0.05, 0.1) is 0 Å². The van der Waals surface area contributed by atoms with Gasteiger partial charge >= 0.3 is 21.7 Å². The Morgan fingerprint density at radius 3 is 1.67 bits per heavy atom. The molecule has 0 bridgehead atoms. The van der Waals surface area contributed by atoms with Gasteiger partial charge in [-0.15, -0.1) is 0 Å². The molecule has 0 unspecified atom stereocenters. The van der Waals surface area contributed by atoms with Crippen LogP contribution >= 0.6 is 0 Å². The zero-order chi connectivity index (χ0) is 12.9. The fraction of sp³-hybridized carbons (Fsp3) is 0.800. The normalized spacial score (nSPS) is 11.7. The van der Waals surface area contributed by atoms with Gasteiger partial charge in [0.15, 0.2) is 0 Å². The molecule has 6 nitrogen and oxygen atoms in total. The number of alkyl halides is 3. The number of nitrogens with two attached hydrogens (primary N) is 1. The smallest absolute Gasteiger partial charge is 0.352 e. The predicted octanol–water partition coefficient (Wildman–Crippen LogP) is 0.457. The highest BCUT2D eigenvalue weighted by Crippen LogP contribution is 2.20. The van der Waals surface area contributed by atoms with Crippen molar-refractivity contribution in [2.45, 2.75) is 25.4 Å². The fourth-order valence-electron chi connectivity index (χ4n) is 0.285. The second-order valence-corrected chi connectivity index (χ2v) is 4.00. The van der Waals surface area contributed by atoms with Crippen LogP contribution in [0.1, 0.15) is 13.8 Å². The number of halogens is 3.